The van der Waals surface area contributed by atoms with Crippen LogP contribution in [0.1, 0.15) is 55.4 Å². The highest BCUT2D eigenvalue weighted by Crippen LogP contribution is 2.19. The second kappa shape index (κ2) is 14.6. The fraction of sp³-hybridized carbons (Fsp3) is 0.355. The molecule has 5 heteroatoms. The molecule has 0 aliphatic heterocycles. The summed E-state index contributed by atoms with van der Waals surface area (Å²) in [5.41, 5.74) is 4.45. The van der Waals surface area contributed by atoms with Crippen molar-refractivity contribution in [3.63, 3.8) is 0 Å². The van der Waals surface area contributed by atoms with Gasteiger partial charge in [0, 0.05) is 30.4 Å². The fourth-order valence-electron chi connectivity index (χ4n) is 4.23. The standard InChI is InChI=1S/C31H37BrN2O2/c1-3-5-20-33-31(36)29(22-26-10-7-6-8-11-26)34(23-27-12-9-13-28(32)21-27)30(35)19-18-25-16-14-24(4-2)15-17-25/h6-17,21,29H,3-5,18-20,22-23H2,1-2H3,(H,33,36)/t29-/m0/s1. The van der Waals surface area contributed by atoms with Gasteiger partial charge >= 0.3 is 0 Å². The minimum absolute atomic E-state index is 0.0129. The summed E-state index contributed by atoms with van der Waals surface area (Å²) in [6.45, 7) is 5.23. The highest BCUT2D eigenvalue weighted by atomic mass is 79.9. The molecule has 0 bridgehead atoms. The summed E-state index contributed by atoms with van der Waals surface area (Å²) in [6.07, 6.45) is 4.39. The fourth-order valence-corrected chi connectivity index (χ4v) is 4.68. The molecule has 4 nitrogen and oxygen atoms in total. The molecular weight excluding hydrogens is 512 g/mol. The average molecular weight is 550 g/mol. The van der Waals surface area contributed by atoms with Crippen molar-refractivity contribution in [2.45, 2.75) is 65.0 Å². The van der Waals surface area contributed by atoms with Gasteiger partial charge in [0.25, 0.3) is 0 Å². The zero-order chi connectivity index (χ0) is 25.8. The van der Waals surface area contributed by atoms with Crippen LogP contribution in [0.15, 0.2) is 83.3 Å². The van der Waals surface area contributed by atoms with E-state index in [4.69, 9.17) is 0 Å². The van der Waals surface area contributed by atoms with E-state index in [0.29, 0.717) is 32.4 Å². The van der Waals surface area contributed by atoms with Crippen LogP contribution in [0.2, 0.25) is 0 Å². The lowest BCUT2D eigenvalue weighted by Gasteiger charge is -2.32. The van der Waals surface area contributed by atoms with Crippen molar-refractivity contribution >= 4 is 27.7 Å². The first-order valence-electron chi connectivity index (χ1n) is 12.9. The molecule has 1 N–H and O–H groups in total. The van der Waals surface area contributed by atoms with Crippen LogP contribution in [-0.2, 0) is 35.4 Å². The highest BCUT2D eigenvalue weighted by molar-refractivity contribution is 9.10. The summed E-state index contributed by atoms with van der Waals surface area (Å²) >= 11 is 3.54. The number of rotatable bonds is 13. The number of nitrogens with zero attached hydrogens (tertiary/aromatic N) is 1. The lowest BCUT2D eigenvalue weighted by atomic mass is 10.0. The van der Waals surface area contributed by atoms with E-state index in [-0.39, 0.29) is 11.8 Å². The van der Waals surface area contributed by atoms with Crippen molar-refractivity contribution in [1.29, 1.82) is 0 Å². The van der Waals surface area contributed by atoms with Crippen molar-refractivity contribution in [2.75, 3.05) is 6.54 Å². The number of unbranched alkanes of at least 4 members (excludes halogenated alkanes) is 1. The van der Waals surface area contributed by atoms with Gasteiger partial charge in [-0.15, -0.1) is 0 Å². The molecule has 0 aromatic heterocycles. The molecule has 0 saturated carbocycles. The van der Waals surface area contributed by atoms with Gasteiger partial charge in [0.2, 0.25) is 11.8 Å². The molecule has 190 valence electrons. The molecule has 1 atom stereocenters. The maximum absolute atomic E-state index is 13.7. The predicted molar refractivity (Wildman–Crippen MR) is 151 cm³/mol. The van der Waals surface area contributed by atoms with Crippen LogP contribution in [0.25, 0.3) is 0 Å². The van der Waals surface area contributed by atoms with Crippen LogP contribution in [-0.4, -0.2) is 29.3 Å². The van der Waals surface area contributed by atoms with Gasteiger partial charge in [-0.1, -0.05) is 103 Å². The number of hydrogen-bond donors (Lipinski definition) is 1. The molecule has 0 spiro atoms. The number of carbonyl (C=O) groups excluding carboxylic acids is 2. The zero-order valence-electron chi connectivity index (χ0n) is 21.4. The van der Waals surface area contributed by atoms with Gasteiger partial charge in [-0.05, 0) is 53.6 Å². The second-order valence-electron chi connectivity index (χ2n) is 9.17. The maximum Gasteiger partial charge on any atom is 0.243 e. The Morgan fingerprint density at radius 2 is 1.56 bits per heavy atom. The Labute approximate surface area is 224 Å². The molecule has 36 heavy (non-hydrogen) atoms. The lowest BCUT2D eigenvalue weighted by molar-refractivity contribution is -0.141. The van der Waals surface area contributed by atoms with Crippen molar-refractivity contribution in [2.24, 2.45) is 0 Å². The van der Waals surface area contributed by atoms with Gasteiger partial charge in [0.15, 0.2) is 0 Å². The Kier molecular flexibility index (Phi) is 11.2. The van der Waals surface area contributed by atoms with Gasteiger partial charge in [0.1, 0.15) is 6.04 Å². The van der Waals surface area contributed by atoms with E-state index in [1.165, 1.54) is 5.56 Å². The number of carbonyl (C=O) groups is 2. The van der Waals surface area contributed by atoms with Gasteiger partial charge < -0.3 is 10.2 Å². The Bertz CT molecular complexity index is 1100. The van der Waals surface area contributed by atoms with Crippen molar-refractivity contribution in [1.82, 2.24) is 10.2 Å². The third-order valence-corrected chi connectivity index (χ3v) is 6.89. The first-order valence-corrected chi connectivity index (χ1v) is 13.7. The first-order chi connectivity index (χ1) is 17.5. The minimum atomic E-state index is -0.585. The summed E-state index contributed by atoms with van der Waals surface area (Å²) in [5.74, 6) is -0.107. The van der Waals surface area contributed by atoms with Crippen molar-refractivity contribution < 1.29 is 9.59 Å². The molecule has 2 amide bonds. The van der Waals surface area contributed by atoms with Crippen LogP contribution in [0, 0.1) is 0 Å². The second-order valence-corrected chi connectivity index (χ2v) is 10.1. The molecular formula is C31H37BrN2O2. The van der Waals surface area contributed by atoms with Crippen molar-refractivity contribution in [3.8, 4) is 0 Å². The Hall–Kier alpha value is -2.92. The Balaban J connectivity index is 1.86. The topological polar surface area (TPSA) is 49.4 Å². The third-order valence-electron chi connectivity index (χ3n) is 6.40. The summed E-state index contributed by atoms with van der Waals surface area (Å²) < 4.78 is 0.954. The van der Waals surface area contributed by atoms with E-state index in [1.54, 1.807) is 4.90 Å². The normalized spacial score (nSPS) is 11.6. The number of benzene rings is 3. The predicted octanol–water partition coefficient (Wildman–Crippen LogP) is 6.50. The van der Waals surface area contributed by atoms with Crippen molar-refractivity contribution in [3.05, 3.63) is 106 Å². The van der Waals surface area contributed by atoms with E-state index in [9.17, 15) is 9.59 Å². The number of halogens is 1. The Morgan fingerprint density at radius 1 is 0.861 bits per heavy atom. The first kappa shape index (κ1) is 27.7. The molecule has 0 fully saturated rings. The minimum Gasteiger partial charge on any atom is -0.354 e. The summed E-state index contributed by atoms with van der Waals surface area (Å²) in [7, 11) is 0. The molecule has 3 aromatic rings. The SMILES string of the molecule is CCCCNC(=O)[C@H](Cc1ccccc1)N(Cc1cccc(Br)c1)C(=O)CCc1ccc(CC)cc1. The van der Waals surface area contributed by atoms with Gasteiger partial charge in [-0.25, -0.2) is 0 Å². The summed E-state index contributed by atoms with van der Waals surface area (Å²) in [5, 5.41) is 3.08. The lowest BCUT2D eigenvalue weighted by Crippen LogP contribution is -2.50. The Morgan fingerprint density at radius 3 is 2.22 bits per heavy atom. The van der Waals surface area contributed by atoms with E-state index in [2.05, 4.69) is 59.4 Å². The van der Waals surface area contributed by atoms with E-state index in [1.807, 2.05) is 54.6 Å². The molecule has 0 saturated heterocycles. The number of hydrogen-bond acceptors (Lipinski definition) is 2. The molecule has 0 heterocycles. The largest absolute Gasteiger partial charge is 0.354 e. The van der Waals surface area contributed by atoms with Gasteiger partial charge in [0.05, 0.1) is 0 Å². The molecule has 0 radical (unpaired) electrons. The molecule has 0 unspecified atom stereocenters. The molecule has 0 aliphatic carbocycles. The number of aryl methyl sites for hydroxylation is 2. The van der Waals surface area contributed by atoms with E-state index < -0.39 is 6.04 Å². The number of amides is 2. The molecule has 3 aromatic carbocycles. The zero-order valence-corrected chi connectivity index (χ0v) is 23.0. The number of nitrogens with one attached hydrogen (secondary N) is 1. The molecule has 0 aliphatic rings. The monoisotopic (exact) mass is 548 g/mol. The van der Waals surface area contributed by atoms with Crippen LogP contribution >= 0.6 is 15.9 Å². The van der Waals surface area contributed by atoms with Crippen LogP contribution in [0.4, 0.5) is 0 Å². The van der Waals surface area contributed by atoms with Crippen LogP contribution in [0.3, 0.4) is 0 Å². The van der Waals surface area contributed by atoms with Gasteiger partial charge in [-0.3, -0.25) is 9.59 Å². The summed E-state index contributed by atoms with van der Waals surface area (Å²) in [4.78, 5) is 29.0. The van der Waals surface area contributed by atoms with Gasteiger partial charge in [-0.2, -0.15) is 0 Å². The van der Waals surface area contributed by atoms with E-state index in [0.717, 1.165) is 40.4 Å². The van der Waals surface area contributed by atoms with Crippen LogP contribution in [0.5, 0.6) is 0 Å². The average Bonchev–Trinajstić information content (AvgIpc) is 2.90. The molecule has 3 rings (SSSR count). The highest BCUT2D eigenvalue weighted by Gasteiger charge is 2.30. The smallest absolute Gasteiger partial charge is 0.243 e. The maximum atomic E-state index is 13.7. The van der Waals surface area contributed by atoms with E-state index >= 15 is 0 Å². The third kappa shape index (κ3) is 8.63. The summed E-state index contributed by atoms with van der Waals surface area (Å²) in [6, 6.07) is 25.8. The quantitative estimate of drug-likeness (QED) is 0.248. The van der Waals surface area contributed by atoms with Crippen LogP contribution < -0.4 is 5.32 Å².